The Bertz CT molecular complexity index is 903. The Hall–Kier alpha value is -3.06. The summed E-state index contributed by atoms with van der Waals surface area (Å²) in [6.07, 6.45) is 6.28. The molecule has 0 radical (unpaired) electrons. The fourth-order valence-electron chi connectivity index (χ4n) is 3.51. The first-order chi connectivity index (χ1) is 14.4. The number of nitrogens with one attached hydrogen (secondary N) is 2. The molecule has 0 spiro atoms. The number of aromatic nitrogens is 4. The maximum absolute atomic E-state index is 12.4. The molecule has 0 aliphatic heterocycles. The summed E-state index contributed by atoms with van der Waals surface area (Å²) in [5.41, 5.74) is 0.774. The van der Waals surface area contributed by atoms with Gasteiger partial charge in [-0.2, -0.15) is 10.2 Å². The Morgan fingerprint density at radius 2 is 2.17 bits per heavy atom. The van der Waals surface area contributed by atoms with Crippen molar-refractivity contribution in [2.75, 3.05) is 23.9 Å². The maximum Gasteiger partial charge on any atom is 0.224 e. The molecule has 2 heterocycles. The standard InChI is InChI=1S/C20H26FN7O2/c1-20(2)7-15(3-4-16(20)29)27-17-13(8-22)10-24-19(28-17)25-11-14-9-23-12-26-18(14)30-6-5-21/h9-10,12,15-16,29H,3-7,11H2,1-2H3,(H2,24,25,27,28)/t15-,16+/m1/s1. The zero-order valence-electron chi connectivity index (χ0n) is 17.1. The molecule has 2 atom stereocenters. The van der Waals surface area contributed by atoms with Crippen LogP contribution < -0.4 is 15.4 Å². The first-order valence-electron chi connectivity index (χ1n) is 9.86. The molecule has 3 rings (SSSR count). The molecule has 3 N–H and O–H groups in total. The monoisotopic (exact) mass is 415 g/mol. The molecule has 0 aromatic carbocycles. The fourth-order valence-corrected chi connectivity index (χ4v) is 3.51. The molecule has 0 amide bonds. The van der Waals surface area contributed by atoms with Crippen LogP contribution in [0.4, 0.5) is 16.2 Å². The summed E-state index contributed by atoms with van der Waals surface area (Å²) in [6, 6.07) is 2.21. The molecule has 1 fully saturated rings. The smallest absolute Gasteiger partial charge is 0.224 e. The summed E-state index contributed by atoms with van der Waals surface area (Å²) in [7, 11) is 0. The second-order valence-corrected chi connectivity index (χ2v) is 7.94. The fraction of sp³-hybridized carbons (Fsp3) is 0.550. The number of alkyl halides is 1. The molecule has 9 nitrogen and oxygen atoms in total. The molecule has 0 unspecified atom stereocenters. The number of ether oxygens (including phenoxy) is 1. The van der Waals surface area contributed by atoms with Crippen LogP contribution in [0, 0.1) is 16.7 Å². The number of hydrogen-bond acceptors (Lipinski definition) is 9. The van der Waals surface area contributed by atoms with Gasteiger partial charge in [0.15, 0.2) is 0 Å². The third kappa shape index (κ3) is 5.30. The molecule has 2 aromatic rings. The lowest BCUT2D eigenvalue weighted by Gasteiger charge is -2.40. The minimum atomic E-state index is -0.611. The van der Waals surface area contributed by atoms with Crippen LogP contribution in [0.25, 0.3) is 0 Å². The van der Waals surface area contributed by atoms with Gasteiger partial charge in [-0.25, -0.2) is 19.3 Å². The molecular formula is C20H26FN7O2. The van der Waals surface area contributed by atoms with E-state index < -0.39 is 6.67 Å². The Labute approximate surface area is 174 Å². The van der Waals surface area contributed by atoms with Crippen LogP contribution in [0.3, 0.4) is 0 Å². The number of aliphatic hydroxyl groups excluding tert-OH is 1. The van der Waals surface area contributed by atoms with Gasteiger partial charge in [0.25, 0.3) is 0 Å². The molecule has 1 aliphatic carbocycles. The third-order valence-electron chi connectivity index (χ3n) is 5.21. The van der Waals surface area contributed by atoms with E-state index in [4.69, 9.17) is 4.74 Å². The lowest BCUT2D eigenvalue weighted by Crippen LogP contribution is -2.41. The van der Waals surface area contributed by atoms with Gasteiger partial charge < -0.3 is 20.5 Å². The highest BCUT2D eigenvalue weighted by molar-refractivity contribution is 5.54. The molecule has 1 saturated carbocycles. The van der Waals surface area contributed by atoms with Crippen molar-refractivity contribution in [3.8, 4) is 11.9 Å². The lowest BCUT2D eigenvalue weighted by molar-refractivity contribution is 0.00926. The minimum Gasteiger partial charge on any atom is -0.475 e. The lowest BCUT2D eigenvalue weighted by atomic mass is 9.73. The average Bonchev–Trinajstić information content (AvgIpc) is 2.74. The van der Waals surface area contributed by atoms with Crippen LogP contribution in [0.2, 0.25) is 0 Å². The van der Waals surface area contributed by atoms with Crippen molar-refractivity contribution < 1.29 is 14.2 Å². The number of rotatable bonds is 8. The van der Waals surface area contributed by atoms with Gasteiger partial charge in [-0.3, -0.25) is 0 Å². The SMILES string of the molecule is CC1(C)C[C@H](Nc2nc(NCc3cncnc3OCCF)ncc2C#N)CC[C@@H]1O. The molecule has 0 bridgehead atoms. The van der Waals surface area contributed by atoms with Crippen LogP contribution in [0.1, 0.15) is 44.2 Å². The number of nitriles is 1. The Morgan fingerprint density at radius 3 is 2.90 bits per heavy atom. The van der Waals surface area contributed by atoms with Crippen molar-refractivity contribution in [1.29, 1.82) is 5.26 Å². The Morgan fingerprint density at radius 1 is 1.33 bits per heavy atom. The van der Waals surface area contributed by atoms with E-state index in [2.05, 4.69) is 36.6 Å². The molecule has 2 aromatic heterocycles. The van der Waals surface area contributed by atoms with E-state index in [1.54, 1.807) is 6.20 Å². The highest BCUT2D eigenvalue weighted by Gasteiger charge is 2.35. The molecular weight excluding hydrogens is 389 g/mol. The Kier molecular flexibility index (Phi) is 6.95. The summed E-state index contributed by atoms with van der Waals surface area (Å²) < 4.78 is 17.7. The second-order valence-electron chi connectivity index (χ2n) is 7.94. The summed E-state index contributed by atoms with van der Waals surface area (Å²) in [6.45, 7) is 3.65. The number of nitrogens with zero attached hydrogens (tertiary/aromatic N) is 5. The van der Waals surface area contributed by atoms with Gasteiger partial charge in [-0.1, -0.05) is 13.8 Å². The van der Waals surface area contributed by atoms with E-state index in [0.717, 1.165) is 12.8 Å². The minimum absolute atomic E-state index is 0.0854. The van der Waals surface area contributed by atoms with Gasteiger partial charge in [0, 0.05) is 18.8 Å². The molecule has 30 heavy (non-hydrogen) atoms. The van der Waals surface area contributed by atoms with E-state index in [1.807, 2.05) is 13.8 Å². The summed E-state index contributed by atoms with van der Waals surface area (Å²) in [5, 5.41) is 26.0. The van der Waals surface area contributed by atoms with E-state index in [-0.39, 0.29) is 30.7 Å². The van der Waals surface area contributed by atoms with E-state index in [9.17, 15) is 14.8 Å². The van der Waals surface area contributed by atoms with Gasteiger partial charge >= 0.3 is 0 Å². The molecule has 10 heteroatoms. The van der Waals surface area contributed by atoms with Gasteiger partial charge in [-0.15, -0.1) is 0 Å². The van der Waals surface area contributed by atoms with Crippen molar-refractivity contribution in [2.45, 2.75) is 51.8 Å². The number of halogens is 1. The highest BCUT2D eigenvalue weighted by atomic mass is 19.1. The van der Waals surface area contributed by atoms with Crippen LogP contribution in [0.15, 0.2) is 18.7 Å². The average molecular weight is 415 g/mol. The van der Waals surface area contributed by atoms with E-state index in [0.29, 0.717) is 35.2 Å². The maximum atomic E-state index is 12.4. The van der Waals surface area contributed by atoms with Crippen LogP contribution in [0.5, 0.6) is 5.88 Å². The third-order valence-corrected chi connectivity index (χ3v) is 5.21. The predicted octanol–water partition coefficient (Wildman–Crippen LogP) is 2.45. The topological polar surface area (TPSA) is 129 Å². The number of hydrogen-bond donors (Lipinski definition) is 3. The quantitative estimate of drug-likeness (QED) is 0.595. The van der Waals surface area contributed by atoms with E-state index in [1.165, 1.54) is 12.5 Å². The van der Waals surface area contributed by atoms with Crippen molar-refractivity contribution in [3.05, 3.63) is 29.8 Å². The van der Waals surface area contributed by atoms with Crippen LogP contribution >= 0.6 is 0 Å². The normalized spacial score (nSPS) is 20.2. The summed E-state index contributed by atoms with van der Waals surface area (Å²) in [5.74, 6) is 1.07. The van der Waals surface area contributed by atoms with Crippen molar-refractivity contribution in [1.82, 2.24) is 19.9 Å². The first-order valence-corrected chi connectivity index (χ1v) is 9.86. The van der Waals surface area contributed by atoms with Crippen molar-refractivity contribution in [2.24, 2.45) is 5.41 Å². The largest absolute Gasteiger partial charge is 0.475 e. The molecule has 1 aliphatic rings. The van der Waals surface area contributed by atoms with Crippen LogP contribution in [-0.2, 0) is 6.54 Å². The van der Waals surface area contributed by atoms with E-state index >= 15 is 0 Å². The second kappa shape index (κ2) is 9.63. The highest BCUT2D eigenvalue weighted by Crippen LogP contribution is 2.37. The zero-order valence-corrected chi connectivity index (χ0v) is 17.1. The van der Waals surface area contributed by atoms with Crippen molar-refractivity contribution in [3.63, 3.8) is 0 Å². The van der Waals surface area contributed by atoms with Gasteiger partial charge in [0.1, 0.15) is 37.1 Å². The molecule has 0 saturated heterocycles. The number of aliphatic hydroxyl groups is 1. The van der Waals surface area contributed by atoms with Crippen molar-refractivity contribution >= 4 is 11.8 Å². The molecule has 160 valence electrons. The summed E-state index contributed by atoms with van der Waals surface area (Å²) >= 11 is 0. The van der Waals surface area contributed by atoms with Gasteiger partial charge in [-0.05, 0) is 24.7 Å². The van der Waals surface area contributed by atoms with Gasteiger partial charge in [0.2, 0.25) is 11.8 Å². The predicted molar refractivity (Wildman–Crippen MR) is 109 cm³/mol. The number of anilines is 2. The van der Waals surface area contributed by atoms with Gasteiger partial charge in [0.05, 0.1) is 17.9 Å². The first kappa shape index (κ1) is 21.6. The zero-order chi connectivity index (χ0) is 21.6. The summed E-state index contributed by atoms with van der Waals surface area (Å²) in [4.78, 5) is 16.6. The van der Waals surface area contributed by atoms with Crippen LogP contribution in [-0.4, -0.2) is 50.5 Å². The Balaban J connectivity index is 1.70.